The first kappa shape index (κ1) is 95.1. The van der Waals surface area contributed by atoms with E-state index < -0.39 is 52.7 Å². The highest BCUT2D eigenvalue weighted by atomic mass is 19.4. The van der Waals surface area contributed by atoms with Crippen LogP contribution in [0.2, 0.25) is 0 Å². The van der Waals surface area contributed by atoms with Crippen molar-refractivity contribution in [3.63, 3.8) is 0 Å². The quantitative estimate of drug-likeness (QED) is 0.0492. The first-order valence-electron chi connectivity index (χ1n) is 57.1. The lowest BCUT2D eigenvalue weighted by Gasteiger charge is -2.61. The molecule has 0 unspecified atom stereocenters. The molecule has 10 heteroatoms. The summed E-state index contributed by atoms with van der Waals surface area (Å²) in [5, 5.41) is 78.5. The van der Waals surface area contributed by atoms with E-state index in [0.717, 1.165) is 218 Å². The SMILES string of the molecule is CC[C@@](O)(CCc1ccc(C)cc1)[C@H]1CC[C@H]2[C@@H]3CC=C4C[C@@H](O)CC[C@]4(C)[C@H]3CC[C@]12C.CC[C@@](O)(CCc1ccc(C)cc1)[C@H]1CC[C@H]2[C@@H]3CC[C@H]4C[C@@H](O)CC[C@]4(C)[C@H]3CC[C@]12C.Cc1ccc(CC[C@@](O)([C@H]2CC[C@H]3[C@@H]4CC[C@H]5C[C@@H](O)CC[C@]5(C)[C@H]4CC[C@@]32C)C(F)(F)F)cc1.[2H]C([2H])(c1ccc(C)cc1)C([2H])([2H])[C@@](C)(O)[C@H]1CC[C@H]2[C@@H]3CC=C4C[C@@H](C)CC[C@]4(C)[C@H]3CC[C@@]21C. The van der Waals surface area contributed by atoms with E-state index in [1.807, 2.05) is 50.2 Å². The van der Waals surface area contributed by atoms with Gasteiger partial charge in [0.15, 0.2) is 5.60 Å². The molecule has 7 nitrogen and oxygen atoms in total. The molecule has 0 amide bonds. The summed E-state index contributed by atoms with van der Waals surface area (Å²) < 4.78 is 79.8. The van der Waals surface area contributed by atoms with Gasteiger partial charge in [0.2, 0.25) is 0 Å². The van der Waals surface area contributed by atoms with E-state index in [1.165, 1.54) is 119 Å². The van der Waals surface area contributed by atoms with Crippen molar-refractivity contribution < 1.29 is 54.4 Å². The fourth-order valence-electron chi connectivity index (χ4n) is 37.4. The third-order valence-electron chi connectivity index (χ3n) is 45.3. The number of aliphatic hydroxyl groups excluding tert-OH is 3. The second-order valence-electron chi connectivity index (χ2n) is 51.7. The van der Waals surface area contributed by atoms with Gasteiger partial charge in [-0.2, -0.15) is 13.2 Å². The number of hydrogen-bond acceptors (Lipinski definition) is 7. The minimum Gasteiger partial charge on any atom is -0.393 e. The van der Waals surface area contributed by atoms with E-state index in [0.29, 0.717) is 75.6 Å². The van der Waals surface area contributed by atoms with Crippen LogP contribution in [0.1, 0.15) is 390 Å². The van der Waals surface area contributed by atoms with Crippen molar-refractivity contribution in [2.75, 3.05) is 0 Å². The van der Waals surface area contributed by atoms with Gasteiger partial charge in [-0.25, -0.2) is 0 Å². The van der Waals surface area contributed by atoms with Gasteiger partial charge in [-0.05, 0) is 489 Å². The molecule has 20 rings (SSSR count). The summed E-state index contributed by atoms with van der Waals surface area (Å²) in [6.45, 7) is 36.1. The van der Waals surface area contributed by atoms with Crippen LogP contribution in [0.4, 0.5) is 13.2 Å². The molecule has 0 heterocycles. The number of alkyl halides is 3. The molecule has 0 aromatic heterocycles. The Kier molecular flexibility index (Phi) is 27.4. The average molecular weight is 1830 g/mol. The lowest BCUT2D eigenvalue weighted by Crippen LogP contribution is -2.59. The maximum Gasteiger partial charge on any atom is 0.417 e. The maximum atomic E-state index is 14.6. The van der Waals surface area contributed by atoms with Crippen LogP contribution in [0.25, 0.3) is 0 Å². The Hall–Kier alpha value is -4.13. The summed E-state index contributed by atoms with van der Waals surface area (Å²) in [5.41, 5.74) is 7.43. The minimum atomic E-state index is -4.64. The van der Waals surface area contributed by atoms with Crippen LogP contribution in [0.3, 0.4) is 0 Å². The van der Waals surface area contributed by atoms with Gasteiger partial charge in [0.05, 0.1) is 35.1 Å². The van der Waals surface area contributed by atoms with Gasteiger partial charge in [-0.1, -0.05) is 219 Å². The minimum absolute atomic E-state index is 0.0579. The van der Waals surface area contributed by atoms with Gasteiger partial charge in [-0.3, -0.25) is 0 Å². The van der Waals surface area contributed by atoms with Crippen LogP contribution >= 0.6 is 0 Å². The molecule has 0 bridgehead atoms. The normalized spacial score (nSPS) is 43.8. The molecule has 7 N–H and O–H groups in total. The van der Waals surface area contributed by atoms with E-state index in [4.69, 9.17) is 5.48 Å². The average Bonchev–Trinajstić information content (AvgIpc) is 1.60. The highest BCUT2D eigenvalue weighted by Crippen LogP contribution is 2.75. The molecule has 738 valence electrons. The Labute approximate surface area is 810 Å². The molecule has 0 aliphatic heterocycles. The second-order valence-corrected chi connectivity index (χ2v) is 51.7. The number of fused-ring (bicyclic) bond motifs is 20. The van der Waals surface area contributed by atoms with Crippen molar-refractivity contribution in [3.05, 3.63) is 165 Å². The lowest BCUT2D eigenvalue weighted by atomic mass is 9.44. The summed E-state index contributed by atoms with van der Waals surface area (Å²) >= 11 is 0. The molecule has 16 aliphatic rings. The van der Waals surface area contributed by atoms with Crippen molar-refractivity contribution in [2.45, 2.75) is 440 Å². The Balaban J connectivity index is 0.000000127. The molecule has 0 radical (unpaired) electrons. The van der Waals surface area contributed by atoms with Crippen molar-refractivity contribution >= 4 is 0 Å². The third-order valence-corrected chi connectivity index (χ3v) is 45.3. The molecule has 14 fully saturated rings. The van der Waals surface area contributed by atoms with Crippen molar-refractivity contribution in [1.82, 2.24) is 0 Å². The van der Waals surface area contributed by atoms with E-state index in [2.05, 4.69) is 151 Å². The number of hydrogen-bond donors (Lipinski definition) is 7. The highest BCUT2D eigenvalue weighted by Gasteiger charge is 2.71. The first-order valence-corrected chi connectivity index (χ1v) is 55.1. The standard InChI is InChI=1S/C31H48O2.C31H46O2.C31H46O.C30H43F3O2/c2*1-5-31(33,19-14-22-8-6-21(2)7-9-22)28-13-12-26-25-11-10-23-20-24(32)15-17-29(23,3)27(25)16-18-30(26,28)4;1-21-6-8-23(9-7-21)15-19-31(5,32)28-13-12-26-25-11-10-24-20-22(2)14-17-29(24,3)27(25)16-18-30(26,28)4;1-19-4-6-20(7-5-19)12-17-29(35,30(31,32)33)26-11-10-24-23-9-8-21-18-22(34)13-15-27(21,2)25(23)14-16-28(24,26)3/h6-9,23-28,32-33H,5,10-20H2,1-4H3;6-10,24-28,32-33H,5,11-20H2,1-4H3;6-10,22,25-28,32H,11-20H2,1-5H3;4-7,21-26,34-35H,8-18H2,1-3H3/t23-,24-,25-,26-,27-,28-,29-,30-,31+;24-,25-,26-,27-,28-,29-,30-,31+;22-,25-,26-,27-,28-,29-,30-,31+;21-,22-,23-,24-,25-,26-,27-,28-,29+/m0000/s1/i;;15D2,19D2;. The van der Waals surface area contributed by atoms with Gasteiger partial charge in [-0.15, -0.1) is 0 Å². The molecular weight excluding hydrogens is 1650 g/mol. The van der Waals surface area contributed by atoms with Crippen LogP contribution in [-0.4, -0.2) is 82.6 Å². The number of aryl methyl sites for hydroxylation is 8. The van der Waals surface area contributed by atoms with Crippen LogP contribution in [0, 0.1) is 183 Å². The van der Waals surface area contributed by atoms with Gasteiger partial charge in [0.1, 0.15) is 0 Å². The van der Waals surface area contributed by atoms with Crippen molar-refractivity contribution in [2.24, 2.45) is 156 Å². The Morgan fingerprint density at radius 2 is 0.684 bits per heavy atom. The summed E-state index contributed by atoms with van der Waals surface area (Å²) in [6, 6.07) is 32.4. The van der Waals surface area contributed by atoms with Crippen LogP contribution in [0.5, 0.6) is 0 Å². The fourth-order valence-corrected chi connectivity index (χ4v) is 37.4. The number of halogens is 3. The van der Waals surface area contributed by atoms with Crippen molar-refractivity contribution in [1.29, 1.82) is 0 Å². The van der Waals surface area contributed by atoms with E-state index in [-0.39, 0.29) is 64.6 Å². The molecule has 0 saturated heterocycles. The molecule has 34 atom stereocenters. The van der Waals surface area contributed by atoms with E-state index in [9.17, 15) is 48.9 Å². The Morgan fingerprint density at radius 1 is 0.353 bits per heavy atom. The van der Waals surface area contributed by atoms with Crippen LogP contribution in [-0.2, 0) is 25.6 Å². The van der Waals surface area contributed by atoms with Crippen molar-refractivity contribution in [3.8, 4) is 0 Å². The fraction of sp³-hybridized carbons (Fsp3) is 0.772. The number of aliphatic hydroxyl groups is 7. The predicted molar refractivity (Wildman–Crippen MR) is 538 cm³/mol. The van der Waals surface area contributed by atoms with Gasteiger partial charge >= 0.3 is 6.18 Å². The lowest BCUT2D eigenvalue weighted by molar-refractivity contribution is -0.296. The number of benzene rings is 4. The summed E-state index contributed by atoms with van der Waals surface area (Å²) in [7, 11) is 0. The van der Waals surface area contributed by atoms with Gasteiger partial charge in [0, 0.05) is 11.4 Å². The monoisotopic (exact) mass is 1830 g/mol. The molecule has 0 spiro atoms. The summed E-state index contributed by atoms with van der Waals surface area (Å²) in [6.07, 6.45) is 38.0. The molecule has 16 aliphatic carbocycles. The second kappa shape index (κ2) is 38.3. The molecule has 4 aromatic rings. The van der Waals surface area contributed by atoms with Crippen LogP contribution in [0.15, 0.2) is 120 Å². The third kappa shape index (κ3) is 18.5. The Bertz CT molecular complexity index is 4880. The zero-order valence-electron chi connectivity index (χ0n) is 89.6. The number of rotatable bonds is 18. The summed E-state index contributed by atoms with van der Waals surface area (Å²) in [5.74, 6) is 9.58. The zero-order chi connectivity index (χ0) is 98.4. The maximum absolute atomic E-state index is 14.6. The highest BCUT2D eigenvalue weighted by molar-refractivity contribution is 5.31. The molecular formula is C123H183F3O7. The summed E-state index contributed by atoms with van der Waals surface area (Å²) in [4.78, 5) is 0. The Morgan fingerprint density at radius 3 is 1.10 bits per heavy atom. The predicted octanol–water partition coefficient (Wildman–Crippen LogP) is 29.2. The first-order chi connectivity index (χ1) is 64.4. The smallest absolute Gasteiger partial charge is 0.393 e. The molecule has 14 saturated carbocycles. The van der Waals surface area contributed by atoms with Crippen LogP contribution < -0.4 is 0 Å². The topological polar surface area (TPSA) is 142 Å². The van der Waals surface area contributed by atoms with E-state index >= 15 is 0 Å². The molecule has 133 heavy (non-hydrogen) atoms. The van der Waals surface area contributed by atoms with Gasteiger partial charge < -0.3 is 35.7 Å². The van der Waals surface area contributed by atoms with E-state index in [1.54, 1.807) is 30.2 Å². The largest absolute Gasteiger partial charge is 0.417 e. The van der Waals surface area contributed by atoms with Gasteiger partial charge in [0.25, 0.3) is 0 Å². The number of allylic oxidation sites excluding steroid dienone is 3. The molecule has 4 aromatic carbocycles. The zero-order valence-corrected chi connectivity index (χ0v) is 85.6.